The highest BCUT2D eigenvalue weighted by molar-refractivity contribution is 5.97. The van der Waals surface area contributed by atoms with E-state index in [2.05, 4.69) is 4.98 Å². The Hall–Kier alpha value is -1.95. The van der Waals surface area contributed by atoms with E-state index < -0.39 is 24.0 Å². The van der Waals surface area contributed by atoms with Gasteiger partial charge in [0.2, 0.25) is 0 Å². The molecule has 0 bridgehead atoms. The molecule has 0 saturated carbocycles. The lowest BCUT2D eigenvalue weighted by molar-refractivity contribution is -0.141. The Bertz CT molecular complexity index is 489. The first-order valence-electron chi connectivity index (χ1n) is 5.64. The Balaban J connectivity index is 2.28. The maximum Gasteiger partial charge on any atom is 0.326 e. The number of β-amino-alcohol motifs (C(OH)–C–C–N with tert-alkyl or cyclic N) is 1. The number of aryl methyl sites for hydroxylation is 1. The SMILES string of the molecule is Cc1ncccc1C(=O)N1C[C@@H](O)C[C@H]1C(=O)O. The van der Waals surface area contributed by atoms with E-state index in [0.717, 1.165) is 0 Å². The first-order valence-corrected chi connectivity index (χ1v) is 5.64. The highest BCUT2D eigenvalue weighted by Crippen LogP contribution is 2.21. The second-order valence-electron chi connectivity index (χ2n) is 4.34. The zero-order valence-corrected chi connectivity index (χ0v) is 9.91. The number of likely N-dealkylation sites (tertiary alicyclic amines) is 1. The van der Waals surface area contributed by atoms with Crippen LogP contribution in [-0.4, -0.2) is 50.7 Å². The summed E-state index contributed by atoms with van der Waals surface area (Å²) < 4.78 is 0. The smallest absolute Gasteiger partial charge is 0.326 e. The van der Waals surface area contributed by atoms with Crippen molar-refractivity contribution in [1.29, 1.82) is 0 Å². The minimum atomic E-state index is -1.10. The second kappa shape index (κ2) is 4.73. The molecule has 2 heterocycles. The van der Waals surface area contributed by atoms with Gasteiger partial charge in [-0.3, -0.25) is 9.78 Å². The van der Waals surface area contributed by atoms with Gasteiger partial charge < -0.3 is 15.1 Å². The number of aromatic nitrogens is 1. The summed E-state index contributed by atoms with van der Waals surface area (Å²) in [5, 5.41) is 18.6. The number of carboxylic acid groups (broad SMARTS) is 1. The van der Waals surface area contributed by atoms with Crippen LogP contribution >= 0.6 is 0 Å². The average molecular weight is 250 g/mol. The highest BCUT2D eigenvalue weighted by Gasteiger charge is 2.39. The number of aliphatic carboxylic acids is 1. The van der Waals surface area contributed by atoms with Crippen LogP contribution in [-0.2, 0) is 4.79 Å². The number of carboxylic acids is 1. The van der Waals surface area contributed by atoms with Crippen molar-refractivity contribution < 1.29 is 19.8 Å². The third kappa shape index (κ3) is 2.19. The van der Waals surface area contributed by atoms with Gasteiger partial charge in [-0.05, 0) is 19.1 Å². The average Bonchev–Trinajstić information content (AvgIpc) is 2.71. The number of aliphatic hydroxyl groups excluding tert-OH is 1. The molecular formula is C12H14N2O4. The van der Waals surface area contributed by atoms with Crippen LogP contribution in [0.3, 0.4) is 0 Å². The Kier molecular flexibility index (Phi) is 3.29. The van der Waals surface area contributed by atoms with Gasteiger partial charge >= 0.3 is 5.97 Å². The lowest BCUT2D eigenvalue weighted by atomic mass is 10.1. The molecule has 1 saturated heterocycles. The molecule has 18 heavy (non-hydrogen) atoms. The van der Waals surface area contributed by atoms with Crippen molar-refractivity contribution >= 4 is 11.9 Å². The number of hydrogen-bond donors (Lipinski definition) is 2. The number of nitrogens with zero attached hydrogens (tertiary/aromatic N) is 2. The Morgan fingerprint density at radius 1 is 1.50 bits per heavy atom. The molecule has 1 amide bonds. The molecule has 0 spiro atoms. The third-order valence-electron chi connectivity index (χ3n) is 3.06. The van der Waals surface area contributed by atoms with Crippen LogP contribution < -0.4 is 0 Å². The molecule has 1 fully saturated rings. The highest BCUT2D eigenvalue weighted by atomic mass is 16.4. The molecule has 1 aromatic heterocycles. The van der Waals surface area contributed by atoms with Crippen LogP contribution in [0.5, 0.6) is 0 Å². The minimum absolute atomic E-state index is 0.0458. The second-order valence-corrected chi connectivity index (χ2v) is 4.34. The molecule has 96 valence electrons. The lowest BCUT2D eigenvalue weighted by Gasteiger charge is -2.21. The number of hydrogen-bond acceptors (Lipinski definition) is 4. The summed E-state index contributed by atoms with van der Waals surface area (Å²) in [5.41, 5.74) is 0.922. The predicted octanol–water partition coefficient (Wildman–Crippen LogP) is 0.0500. The number of carbonyl (C=O) groups excluding carboxylic acids is 1. The van der Waals surface area contributed by atoms with Crippen LogP contribution in [0.1, 0.15) is 22.5 Å². The number of amides is 1. The van der Waals surface area contributed by atoms with E-state index in [9.17, 15) is 14.7 Å². The normalized spacial score (nSPS) is 23.1. The van der Waals surface area contributed by atoms with E-state index >= 15 is 0 Å². The maximum atomic E-state index is 12.2. The molecule has 1 aliphatic rings. The third-order valence-corrected chi connectivity index (χ3v) is 3.06. The van der Waals surface area contributed by atoms with Gasteiger partial charge in [0, 0.05) is 24.9 Å². The molecule has 2 N–H and O–H groups in total. The summed E-state index contributed by atoms with van der Waals surface area (Å²) in [6, 6.07) is 2.27. The van der Waals surface area contributed by atoms with E-state index in [1.807, 2.05) is 0 Å². The predicted molar refractivity (Wildman–Crippen MR) is 62.1 cm³/mol. The van der Waals surface area contributed by atoms with Crippen molar-refractivity contribution in [2.45, 2.75) is 25.5 Å². The molecule has 0 aliphatic carbocycles. The van der Waals surface area contributed by atoms with Gasteiger partial charge in [0.1, 0.15) is 6.04 Å². The molecule has 1 aliphatic heterocycles. The van der Waals surface area contributed by atoms with Crippen molar-refractivity contribution in [2.24, 2.45) is 0 Å². The van der Waals surface area contributed by atoms with Gasteiger partial charge in [0.15, 0.2) is 0 Å². The van der Waals surface area contributed by atoms with Gasteiger partial charge in [-0.25, -0.2) is 4.79 Å². The quantitative estimate of drug-likeness (QED) is 0.774. The van der Waals surface area contributed by atoms with Crippen LogP contribution in [0.25, 0.3) is 0 Å². The van der Waals surface area contributed by atoms with Gasteiger partial charge in [-0.1, -0.05) is 0 Å². The van der Waals surface area contributed by atoms with Crippen LogP contribution in [0.4, 0.5) is 0 Å². The van der Waals surface area contributed by atoms with Crippen molar-refractivity contribution in [3.8, 4) is 0 Å². The molecule has 0 aromatic carbocycles. The number of carbonyl (C=O) groups is 2. The fourth-order valence-electron chi connectivity index (χ4n) is 2.14. The van der Waals surface area contributed by atoms with Crippen molar-refractivity contribution in [1.82, 2.24) is 9.88 Å². The van der Waals surface area contributed by atoms with Gasteiger partial charge in [-0.2, -0.15) is 0 Å². The Labute approximate surface area is 104 Å². The number of pyridine rings is 1. The Morgan fingerprint density at radius 3 is 2.83 bits per heavy atom. The summed E-state index contributed by atoms with van der Waals surface area (Å²) in [7, 11) is 0. The molecule has 0 unspecified atom stereocenters. The summed E-state index contributed by atoms with van der Waals surface area (Å²) in [6.45, 7) is 1.74. The van der Waals surface area contributed by atoms with Gasteiger partial charge in [0.25, 0.3) is 5.91 Å². The molecule has 6 heteroatoms. The van der Waals surface area contributed by atoms with Crippen molar-refractivity contribution in [3.63, 3.8) is 0 Å². The first-order chi connectivity index (χ1) is 8.50. The summed E-state index contributed by atoms with van der Waals surface area (Å²) in [5.74, 6) is -1.49. The van der Waals surface area contributed by atoms with E-state index in [1.165, 1.54) is 4.90 Å². The topological polar surface area (TPSA) is 90.7 Å². The fraction of sp³-hybridized carbons (Fsp3) is 0.417. The van der Waals surface area contributed by atoms with Crippen molar-refractivity contribution in [2.75, 3.05) is 6.54 Å². The summed E-state index contributed by atoms with van der Waals surface area (Å²) in [4.78, 5) is 28.5. The van der Waals surface area contributed by atoms with Crippen molar-refractivity contribution in [3.05, 3.63) is 29.6 Å². The van der Waals surface area contributed by atoms with Gasteiger partial charge in [-0.15, -0.1) is 0 Å². The Morgan fingerprint density at radius 2 is 2.22 bits per heavy atom. The van der Waals surface area contributed by atoms with E-state index in [1.54, 1.807) is 25.3 Å². The monoisotopic (exact) mass is 250 g/mol. The van der Waals surface area contributed by atoms with E-state index in [4.69, 9.17) is 5.11 Å². The molecule has 6 nitrogen and oxygen atoms in total. The summed E-state index contributed by atoms with van der Waals surface area (Å²) >= 11 is 0. The van der Waals surface area contributed by atoms with Crippen LogP contribution in [0, 0.1) is 6.92 Å². The van der Waals surface area contributed by atoms with E-state index in [0.29, 0.717) is 11.3 Å². The largest absolute Gasteiger partial charge is 0.480 e. The minimum Gasteiger partial charge on any atom is -0.480 e. The fourth-order valence-corrected chi connectivity index (χ4v) is 2.14. The standard InChI is InChI=1S/C12H14N2O4/c1-7-9(3-2-4-13-7)11(16)14-6-8(15)5-10(14)12(17)18/h2-4,8,10,15H,5-6H2,1H3,(H,17,18)/t8-,10-/m0/s1. The zero-order valence-electron chi connectivity index (χ0n) is 9.91. The first kappa shape index (κ1) is 12.5. The molecule has 2 rings (SSSR count). The lowest BCUT2D eigenvalue weighted by Crippen LogP contribution is -2.40. The van der Waals surface area contributed by atoms with Crippen LogP contribution in [0.2, 0.25) is 0 Å². The maximum absolute atomic E-state index is 12.2. The zero-order chi connectivity index (χ0) is 13.3. The van der Waals surface area contributed by atoms with Gasteiger partial charge in [0.05, 0.1) is 11.7 Å². The van der Waals surface area contributed by atoms with Crippen LogP contribution in [0.15, 0.2) is 18.3 Å². The molecular weight excluding hydrogens is 236 g/mol. The molecule has 0 radical (unpaired) electrons. The van der Waals surface area contributed by atoms with E-state index in [-0.39, 0.29) is 13.0 Å². The number of rotatable bonds is 2. The molecule has 2 atom stereocenters. The summed E-state index contributed by atoms with van der Waals surface area (Å²) in [6.07, 6.45) is 0.854. The number of aliphatic hydroxyl groups is 1. The molecule has 1 aromatic rings.